The van der Waals surface area contributed by atoms with Crippen LogP contribution in [0.1, 0.15) is 15.9 Å². The van der Waals surface area contributed by atoms with E-state index in [-0.39, 0.29) is 5.91 Å². The first-order valence-corrected chi connectivity index (χ1v) is 7.25. The molecule has 0 saturated heterocycles. The topological polar surface area (TPSA) is 29.1 Å². The van der Waals surface area contributed by atoms with Gasteiger partial charge in [-0.1, -0.05) is 42.5 Å². The zero-order valence-corrected chi connectivity index (χ0v) is 12.1. The molecule has 0 saturated carbocycles. The smallest absolute Gasteiger partial charge is 0.255 e. The molecule has 0 atom stereocenters. The third-order valence-electron chi connectivity index (χ3n) is 3.38. The molecular weight excluding hydrogens is 282 g/mol. The summed E-state index contributed by atoms with van der Waals surface area (Å²) in [6.07, 6.45) is 0. The number of amides is 1. The van der Waals surface area contributed by atoms with Crippen molar-refractivity contribution in [2.75, 3.05) is 5.32 Å². The van der Waals surface area contributed by atoms with E-state index in [1.165, 1.54) is 0 Å². The minimum atomic E-state index is -0.112. The second kappa shape index (κ2) is 5.98. The average Bonchev–Trinajstić information content (AvgIpc) is 2.55. The van der Waals surface area contributed by atoms with E-state index in [1.807, 2.05) is 66.7 Å². The van der Waals surface area contributed by atoms with Crippen LogP contribution in [0.2, 0.25) is 0 Å². The fraction of sp³-hybridized carbons (Fsp3) is 0.0556. The molecule has 2 nitrogen and oxygen atoms in total. The van der Waals surface area contributed by atoms with Gasteiger partial charge in [-0.2, -0.15) is 0 Å². The molecular formula is C18H14ClNO. The van der Waals surface area contributed by atoms with Gasteiger partial charge in [-0.15, -0.1) is 11.6 Å². The van der Waals surface area contributed by atoms with Crippen LogP contribution in [0.5, 0.6) is 0 Å². The van der Waals surface area contributed by atoms with E-state index < -0.39 is 0 Å². The van der Waals surface area contributed by atoms with E-state index in [2.05, 4.69) is 5.32 Å². The SMILES string of the molecule is O=C(Nc1ccc(CCl)cc1)c1ccc2ccccc2c1. The van der Waals surface area contributed by atoms with Gasteiger partial charge < -0.3 is 5.32 Å². The molecule has 104 valence electrons. The molecule has 0 heterocycles. The summed E-state index contributed by atoms with van der Waals surface area (Å²) in [5.74, 6) is 0.359. The molecule has 3 rings (SSSR count). The van der Waals surface area contributed by atoms with Crippen molar-refractivity contribution in [3.63, 3.8) is 0 Å². The van der Waals surface area contributed by atoms with Crippen LogP contribution in [-0.2, 0) is 5.88 Å². The summed E-state index contributed by atoms with van der Waals surface area (Å²) in [5.41, 5.74) is 2.44. The lowest BCUT2D eigenvalue weighted by atomic mass is 10.1. The van der Waals surface area contributed by atoms with Gasteiger partial charge in [-0.3, -0.25) is 4.79 Å². The lowest BCUT2D eigenvalue weighted by Gasteiger charge is -2.07. The summed E-state index contributed by atoms with van der Waals surface area (Å²) >= 11 is 5.75. The lowest BCUT2D eigenvalue weighted by Crippen LogP contribution is -2.11. The Morgan fingerprint density at radius 3 is 2.33 bits per heavy atom. The number of rotatable bonds is 3. The Morgan fingerprint density at radius 2 is 1.62 bits per heavy atom. The molecule has 0 aliphatic carbocycles. The molecule has 21 heavy (non-hydrogen) atoms. The number of fused-ring (bicyclic) bond motifs is 1. The van der Waals surface area contributed by atoms with Gasteiger partial charge in [0.1, 0.15) is 0 Å². The summed E-state index contributed by atoms with van der Waals surface area (Å²) in [6.45, 7) is 0. The van der Waals surface area contributed by atoms with Crippen molar-refractivity contribution >= 4 is 34.0 Å². The van der Waals surface area contributed by atoms with Gasteiger partial charge in [0.2, 0.25) is 0 Å². The van der Waals surface area contributed by atoms with Crippen molar-refractivity contribution in [2.45, 2.75) is 5.88 Å². The summed E-state index contributed by atoms with van der Waals surface area (Å²) in [5, 5.41) is 5.08. The minimum absolute atomic E-state index is 0.112. The molecule has 0 aromatic heterocycles. The fourth-order valence-corrected chi connectivity index (χ4v) is 2.39. The van der Waals surface area contributed by atoms with Crippen molar-refractivity contribution in [2.24, 2.45) is 0 Å². The molecule has 1 N–H and O–H groups in total. The number of anilines is 1. The molecule has 3 aromatic carbocycles. The van der Waals surface area contributed by atoms with Crippen LogP contribution in [0.4, 0.5) is 5.69 Å². The van der Waals surface area contributed by atoms with Gasteiger partial charge in [0.15, 0.2) is 0 Å². The van der Waals surface area contributed by atoms with Crippen molar-refractivity contribution in [1.29, 1.82) is 0 Å². The highest BCUT2D eigenvalue weighted by atomic mass is 35.5. The number of hydrogen-bond donors (Lipinski definition) is 1. The molecule has 3 heteroatoms. The Balaban J connectivity index is 1.82. The van der Waals surface area contributed by atoms with Crippen LogP contribution >= 0.6 is 11.6 Å². The number of hydrogen-bond acceptors (Lipinski definition) is 1. The highest BCUT2D eigenvalue weighted by molar-refractivity contribution is 6.17. The summed E-state index contributed by atoms with van der Waals surface area (Å²) in [4.78, 5) is 12.3. The van der Waals surface area contributed by atoms with Crippen LogP contribution < -0.4 is 5.32 Å². The van der Waals surface area contributed by atoms with Gasteiger partial charge in [0, 0.05) is 17.1 Å². The maximum absolute atomic E-state index is 12.3. The maximum Gasteiger partial charge on any atom is 0.255 e. The molecule has 0 fully saturated rings. The Kier molecular flexibility index (Phi) is 3.89. The zero-order valence-electron chi connectivity index (χ0n) is 11.3. The van der Waals surface area contributed by atoms with E-state index in [4.69, 9.17) is 11.6 Å². The van der Waals surface area contributed by atoms with E-state index in [9.17, 15) is 4.79 Å². The van der Waals surface area contributed by atoms with E-state index in [0.717, 1.165) is 22.0 Å². The summed E-state index contributed by atoms with van der Waals surface area (Å²) in [7, 11) is 0. The maximum atomic E-state index is 12.3. The van der Waals surface area contributed by atoms with Crippen LogP contribution in [0, 0.1) is 0 Å². The molecule has 0 aliphatic rings. The Hall–Kier alpha value is -2.32. The van der Waals surface area contributed by atoms with Crippen LogP contribution in [0.25, 0.3) is 10.8 Å². The van der Waals surface area contributed by atoms with Gasteiger partial charge >= 0.3 is 0 Å². The van der Waals surface area contributed by atoms with Crippen molar-refractivity contribution < 1.29 is 4.79 Å². The first-order valence-electron chi connectivity index (χ1n) is 6.71. The standard InChI is InChI=1S/C18H14ClNO/c19-12-13-5-9-17(10-6-13)20-18(21)16-8-7-14-3-1-2-4-15(14)11-16/h1-11H,12H2,(H,20,21). The van der Waals surface area contributed by atoms with Crippen LogP contribution in [0.3, 0.4) is 0 Å². The first-order chi connectivity index (χ1) is 10.3. The largest absolute Gasteiger partial charge is 0.322 e. The van der Waals surface area contributed by atoms with Crippen LogP contribution in [-0.4, -0.2) is 5.91 Å². The second-order valence-corrected chi connectivity index (χ2v) is 5.11. The van der Waals surface area contributed by atoms with Gasteiger partial charge in [0.25, 0.3) is 5.91 Å². The molecule has 3 aromatic rings. The number of benzene rings is 3. The first kappa shape index (κ1) is 13.7. The number of alkyl halides is 1. The molecule has 0 radical (unpaired) electrons. The normalized spacial score (nSPS) is 10.5. The van der Waals surface area contributed by atoms with Gasteiger partial charge in [-0.05, 0) is 40.6 Å². The number of carbonyl (C=O) groups excluding carboxylic acids is 1. The van der Waals surface area contributed by atoms with Gasteiger partial charge in [-0.25, -0.2) is 0 Å². The minimum Gasteiger partial charge on any atom is -0.322 e. The monoisotopic (exact) mass is 295 g/mol. The molecule has 1 amide bonds. The van der Waals surface area contributed by atoms with Crippen molar-refractivity contribution in [1.82, 2.24) is 0 Å². The molecule has 0 aliphatic heterocycles. The summed E-state index contributed by atoms with van der Waals surface area (Å²) < 4.78 is 0. The van der Waals surface area contributed by atoms with E-state index >= 15 is 0 Å². The zero-order chi connectivity index (χ0) is 14.7. The molecule has 0 bridgehead atoms. The lowest BCUT2D eigenvalue weighted by molar-refractivity contribution is 0.102. The van der Waals surface area contributed by atoms with Crippen LogP contribution in [0.15, 0.2) is 66.7 Å². The molecule has 0 unspecified atom stereocenters. The fourth-order valence-electron chi connectivity index (χ4n) is 2.21. The highest BCUT2D eigenvalue weighted by Crippen LogP contribution is 2.17. The van der Waals surface area contributed by atoms with Gasteiger partial charge in [0.05, 0.1) is 0 Å². The van der Waals surface area contributed by atoms with E-state index in [0.29, 0.717) is 11.4 Å². The second-order valence-electron chi connectivity index (χ2n) is 4.85. The Morgan fingerprint density at radius 1 is 0.905 bits per heavy atom. The number of halogens is 1. The highest BCUT2D eigenvalue weighted by Gasteiger charge is 2.06. The van der Waals surface area contributed by atoms with Crippen molar-refractivity contribution in [3.05, 3.63) is 77.9 Å². The quantitative estimate of drug-likeness (QED) is 0.689. The average molecular weight is 296 g/mol. The Labute approximate surface area is 128 Å². The third kappa shape index (κ3) is 3.06. The molecule has 0 spiro atoms. The predicted molar refractivity (Wildman–Crippen MR) is 87.9 cm³/mol. The number of carbonyl (C=O) groups is 1. The third-order valence-corrected chi connectivity index (χ3v) is 3.69. The van der Waals surface area contributed by atoms with E-state index in [1.54, 1.807) is 0 Å². The van der Waals surface area contributed by atoms with Crippen molar-refractivity contribution in [3.8, 4) is 0 Å². The Bertz CT molecular complexity index is 781. The number of nitrogens with one attached hydrogen (secondary N) is 1. The summed E-state index contributed by atoms with van der Waals surface area (Å²) in [6, 6.07) is 21.2. The predicted octanol–water partition coefficient (Wildman–Crippen LogP) is 4.83.